The van der Waals surface area contributed by atoms with Crippen molar-refractivity contribution in [2.75, 3.05) is 7.11 Å². The van der Waals surface area contributed by atoms with Gasteiger partial charge in [-0.15, -0.1) is 0 Å². The molecular formula is C19H15N3O4. The fourth-order valence-electron chi connectivity index (χ4n) is 2.51. The largest absolute Gasteiger partial charge is 0.496 e. The van der Waals surface area contributed by atoms with Crippen LogP contribution < -0.4 is 10.2 Å². The minimum absolute atomic E-state index is 0.0449. The Kier molecular flexibility index (Phi) is 4.89. The van der Waals surface area contributed by atoms with Gasteiger partial charge in [0.15, 0.2) is 0 Å². The normalized spacial score (nSPS) is 10.8. The number of hydrogen-bond acceptors (Lipinski definition) is 5. The van der Waals surface area contributed by atoms with E-state index >= 15 is 0 Å². The highest BCUT2D eigenvalue weighted by Gasteiger charge is 2.13. The first-order chi connectivity index (χ1) is 12.6. The highest BCUT2D eigenvalue weighted by molar-refractivity contribution is 6.01. The molecule has 1 N–H and O–H groups in total. The van der Waals surface area contributed by atoms with E-state index in [-0.39, 0.29) is 5.69 Å². The molecule has 0 radical (unpaired) electrons. The van der Waals surface area contributed by atoms with Gasteiger partial charge in [-0.2, -0.15) is 5.10 Å². The van der Waals surface area contributed by atoms with E-state index in [4.69, 9.17) is 4.74 Å². The number of nitro benzene ring substituents is 1. The number of nitrogens with one attached hydrogen (secondary N) is 1. The molecule has 3 aromatic carbocycles. The predicted octanol–water partition coefficient (Wildman–Crippen LogP) is 3.52. The maximum atomic E-state index is 12.4. The number of benzene rings is 3. The smallest absolute Gasteiger partial charge is 0.275 e. The highest BCUT2D eigenvalue weighted by Crippen LogP contribution is 2.25. The SMILES string of the molecule is COc1cc2ccccc2cc1C(=O)N/N=C/c1cccc([N+](=O)[O-])c1. The molecule has 0 atom stereocenters. The van der Waals surface area contributed by atoms with Gasteiger partial charge in [0.05, 0.1) is 23.8 Å². The molecule has 0 aliphatic carbocycles. The summed E-state index contributed by atoms with van der Waals surface area (Å²) in [5.74, 6) is 0.000956. The lowest BCUT2D eigenvalue weighted by Gasteiger charge is -2.09. The third-order valence-corrected chi connectivity index (χ3v) is 3.77. The Labute approximate surface area is 149 Å². The Morgan fingerprint density at radius 2 is 1.85 bits per heavy atom. The molecule has 0 saturated heterocycles. The molecule has 0 unspecified atom stereocenters. The molecule has 130 valence electrons. The Balaban J connectivity index is 1.81. The summed E-state index contributed by atoms with van der Waals surface area (Å²) in [6, 6.07) is 17.1. The van der Waals surface area contributed by atoms with E-state index in [1.54, 1.807) is 24.3 Å². The van der Waals surface area contributed by atoms with Gasteiger partial charge in [-0.1, -0.05) is 36.4 Å². The zero-order valence-corrected chi connectivity index (χ0v) is 13.9. The molecule has 0 aliphatic rings. The van der Waals surface area contributed by atoms with Crippen molar-refractivity contribution in [3.63, 3.8) is 0 Å². The molecule has 3 aromatic rings. The van der Waals surface area contributed by atoms with Crippen LogP contribution in [0.4, 0.5) is 5.69 Å². The van der Waals surface area contributed by atoms with E-state index in [2.05, 4.69) is 10.5 Å². The molecule has 0 heterocycles. The van der Waals surface area contributed by atoms with Crippen LogP contribution in [0.3, 0.4) is 0 Å². The van der Waals surface area contributed by atoms with Crippen LogP contribution in [0.15, 0.2) is 65.8 Å². The number of nitrogens with zero attached hydrogens (tertiary/aromatic N) is 2. The second-order valence-electron chi connectivity index (χ2n) is 5.45. The van der Waals surface area contributed by atoms with Gasteiger partial charge < -0.3 is 4.74 Å². The van der Waals surface area contributed by atoms with Gasteiger partial charge in [0.2, 0.25) is 0 Å². The van der Waals surface area contributed by atoms with Crippen LogP contribution in [-0.2, 0) is 0 Å². The molecule has 0 fully saturated rings. The van der Waals surface area contributed by atoms with E-state index in [0.29, 0.717) is 16.9 Å². The average Bonchev–Trinajstić information content (AvgIpc) is 2.67. The maximum Gasteiger partial charge on any atom is 0.275 e. The number of hydrogen-bond donors (Lipinski definition) is 1. The van der Waals surface area contributed by atoms with E-state index in [1.165, 1.54) is 25.5 Å². The summed E-state index contributed by atoms with van der Waals surface area (Å²) in [7, 11) is 1.49. The topological polar surface area (TPSA) is 93.8 Å². The number of methoxy groups -OCH3 is 1. The molecule has 7 heteroatoms. The van der Waals surface area contributed by atoms with Crippen LogP contribution in [0, 0.1) is 10.1 Å². The average molecular weight is 349 g/mol. The standard InChI is InChI=1S/C19H15N3O4/c1-26-18-11-15-7-3-2-6-14(15)10-17(18)19(23)21-20-12-13-5-4-8-16(9-13)22(24)25/h2-12H,1H3,(H,21,23)/b20-12+. The lowest BCUT2D eigenvalue weighted by molar-refractivity contribution is -0.384. The van der Waals surface area contributed by atoms with Crippen molar-refractivity contribution in [1.29, 1.82) is 0 Å². The van der Waals surface area contributed by atoms with Crippen LogP contribution in [0.2, 0.25) is 0 Å². The van der Waals surface area contributed by atoms with Crippen molar-refractivity contribution in [2.45, 2.75) is 0 Å². The minimum atomic E-state index is -0.490. The molecule has 7 nitrogen and oxygen atoms in total. The number of rotatable bonds is 5. The monoisotopic (exact) mass is 349 g/mol. The van der Waals surface area contributed by atoms with Gasteiger partial charge >= 0.3 is 0 Å². The maximum absolute atomic E-state index is 12.4. The molecule has 26 heavy (non-hydrogen) atoms. The number of non-ortho nitro benzene ring substituents is 1. The second-order valence-corrected chi connectivity index (χ2v) is 5.45. The molecular weight excluding hydrogens is 334 g/mol. The van der Waals surface area contributed by atoms with E-state index in [1.807, 2.05) is 24.3 Å². The van der Waals surface area contributed by atoms with Crippen LogP contribution in [0.5, 0.6) is 5.75 Å². The van der Waals surface area contributed by atoms with E-state index < -0.39 is 10.8 Å². The van der Waals surface area contributed by atoms with Crippen molar-refractivity contribution in [2.24, 2.45) is 5.10 Å². The first-order valence-electron chi connectivity index (χ1n) is 7.73. The zero-order chi connectivity index (χ0) is 18.5. The van der Waals surface area contributed by atoms with Crippen molar-refractivity contribution < 1.29 is 14.5 Å². The Hall–Kier alpha value is -3.74. The molecule has 0 spiro atoms. The Morgan fingerprint density at radius 1 is 1.12 bits per heavy atom. The Morgan fingerprint density at radius 3 is 2.54 bits per heavy atom. The van der Waals surface area contributed by atoms with Crippen LogP contribution in [-0.4, -0.2) is 24.2 Å². The van der Waals surface area contributed by atoms with Crippen molar-refractivity contribution >= 4 is 28.6 Å². The molecule has 0 aromatic heterocycles. The second kappa shape index (κ2) is 7.43. The van der Waals surface area contributed by atoms with Crippen LogP contribution in [0.1, 0.15) is 15.9 Å². The van der Waals surface area contributed by atoms with Crippen molar-refractivity contribution in [1.82, 2.24) is 5.43 Å². The molecule has 1 amide bonds. The first kappa shape index (κ1) is 17.1. The van der Waals surface area contributed by atoms with Crippen LogP contribution >= 0.6 is 0 Å². The molecule has 0 aliphatic heterocycles. The fourth-order valence-corrected chi connectivity index (χ4v) is 2.51. The summed E-state index contributed by atoms with van der Waals surface area (Å²) in [6.45, 7) is 0. The summed E-state index contributed by atoms with van der Waals surface area (Å²) >= 11 is 0. The number of ether oxygens (including phenoxy) is 1. The third kappa shape index (κ3) is 3.67. The van der Waals surface area contributed by atoms with Crippen molar-refractivity contribution in [3.8, 4) is 5.75 Å². The van der Waals surface area contributed by atoms with Gasteiger partial charge in [-0.05, 0) is 22.9 Å². The predicted molar refractivity (Wildman–Crippen MR) is 98.7 cm³/mol. The summed E-state index contributed by atoms with van der Waals surface area (Å²) in [6.07, 6.45) is 1.35. The third-order valence-electron chi connectivity index (χ3n) is 3.77. The number of carbonyl (C=O) groups excluding carboxylic acids is 1. The molecule has 0 saturated carbocycles. The van der Waals surface area contributed by atoms with Gasteiger partial charge in [0.25, 0.3) is 11.6 Å². The van der Waals surface area contributed by atoms with Gasteiger partial charge in [-0.3, -0.25) is 14.9 Å². The van der Waals surface area contributed by atoms with E-state index in [9.17, 15) is 14.9 Å². The quantitative estimate of drug-likeness (QED) is 0.433. The summed E-state index contributed by atoms with van der Waals surface area (Å²) in [5.41, 5.74) is 3.23. The lowest BCUT2D eigenvalue weighted by Crippen LogP contribution is -2.18. The number of fused-ring (bicyclic) bond motifs is 1. The number of carbonyl (C=O) groups is 1. The van der Waals surface area contributed by atoms with Gasteiger partial charge in [0.1, 0.15) is 5.75 Å². The lowest BCUT2D eigenvalue weighted by atomic mass is 10.1. The number of nitro groups is 1. The van der Waals surface area contributed by atoms with Gasteiger partial charge in [-0.25, -0.2) is 5.43 Å². The van der Waals surface area contributed by atoms with Gasteiger partial charge in [0, 0.05) is 17.7 Å². The number of amides is 1. The van der Waals surface area contributed by atoms with Crippen molar-refractivity contribution in [3.05, 3.63) is 81.9 Å². The highest BCUT2D eigenvalue weighted by atomic mass is 16.6. The molecule has 3 rings (SSSR count). The van der Waals surface area contributed by atoms with E-state index in [0.717, 1.165) is 10.8 Å². The summed E-state index contributed by atoms with van der Waals surface area (Å²) in [5, 5.41) is 16.5. The summed E-state index contributed by atoms with van der Waals surface area (Å²) < 4.78 is 5.29. The first-order valence-corrected chi connectivity index (χ1v) is 7.73. The Bertz CT molecular complexity index is 1010. The number of hydrazone groups is 1. The summed E-state index contributed by atoms with van der Waals surface area (Å²) in [4.78, 5) is 22.7. The van der Waals surface area contributed by atoms with Crippen LogP contribution in [0.25, 0.3) is 10.8 Å². The minimum Gasteiger partial charge on any atom is -0.496 e. The zero-order valence-electron chi connectivity index (χ0n) is 13.9. The fraction of sp³-hybridized carbons (Fsp3) is 0.0526. The molecule has 0 bridgehead atoms.